The summed E-state index contributed by atoms with van der Waals surface area (Å²) in [6.45, 7) is 0. The van der Waals surface area contributed by atoms with Gasteiger partial charge in [-0.3, -0.25) is 9.36 Å². The van der Waals surface area contributed by atoms with Crippen LogP contribution in [0.15, 0.2) is 71.7 Å². The molecule has 0 fully saturated rings. The van der Waals surface area contributed by atoms with Gasteiger partial charge in [0.15, 0.2) is 0 Å². The van der Waals surface area contributed by atoms with Crippen LogP contribution in [0.3, 0.4) is 0 Å². The van der Waals surface area contributed by atoms with Gasteiger partial charge in [-0.2, -0.15) is 0 Å². The highest BCUT2D eigenvalue weighted by Crippen LogP contribution is 2.24. The molecule has 1 heterocycles. The van der Waals surface area contributed by atoms with Gasteiger partial charge < -0.3 is 4.74 Å². The summed E-state index contributed by atoms with van der Waals surface area (Å²) in [5, 5.41) is 0.595. The van der Waals surface area contributed by atoms with Gasteiger partial charge in [-0.05, 0) is 53.6 Å². The molecule has 0 unspecified atom stereocenters. The zero-order valence-corrected chi connectivity index (χ0v) is 13.4. The van der Waals surface area contributed by atoms with Gasteiger partial charge in [-0.25, -0.2) is 0 Å². The fourth-order valence-corrected chi connectivity index (χ4v) is 2.44. The number of benzene rings is 2. The SMILES string of the molecule is O=c1ccc(-c2ccc(Cl)cc2)cn1-c1ccc(OC(F)(F)F)cc1. The lowest BCUT2D eigenvalue weighted by Gasteiger charge is -2.11. The molecule has 0 saturated heterocycles. The Balaban J connectivity index is 1.95. The summed E-state index contributed by atoms with van der Waals surface area (Å²) in [7, 11) is 0. The van der Waals surface area contributed by atoms with Gasteiger partial charge in [0.05, 0.1) is 0 Å². The molecule has 3 rings (SSSR count). The molecule has 0 saturated carbocycles. The normalized spacial score (nSPS) is 11.4. The van der Waals surface area contributed by atoms with Crippen molar-refractivity contribution in [3.8, 4) is 22.6 Å². The maximum Gasteiger partial charge on any atom is 0.573 e. The van der Waals surface area contributed by atoms with Gasteiger partial charge in [0.25, 0.3) is 5.56 Å². The second-order valence-corrected chi connectivity index (χ2v) is 5.61. The fourth-order valence-electron chi connectivity index (χ4n) is 2.31. The van der Waals surface area contributed by atoms with Crippen molar-refractivity contribution in [2.24, 2.45) is 0 Å². The number of halogens is 4. The Labute approximate surface area is 145 Å². The largest absolute Gasteiger partial charge is 0.573 e. The molecule has 7 heteroatoms. The van der Waals surface area contributed by atoms with E-state index < -0.39 is 6.36 Å². The van der Waals surface area contributed by atoms with Crippen molar-refractivity contribution in [2.45, 2.75) is 6.36 Å². The molecule has 0 atom stereocenters. The third-order valence-corrected chi connectivity index (χ3v) is 3.69. The minimum absolute atomic E-state index is 0.304. The van der Waals surface area contributed by atoms with E-state index in [2.05, 4.69) is 4.74 Å². The van der Waals surface area contributed by atoms with Crippen molar-refractivity contribution in [2.75, 3.05) is 0 Å². The number of ether oxygens (including phenoxy) is 1. The minimum Gasteiger partial charge on any atom is -0.406 e. The predicted octanol–water partition coefficient (Wildman–Crippen LogP) is 5.06. The highest BCUT2D eigenvalue weighted by atomic mass is 35.5. The summed E-state index contributed by atoms with van der Waals surface area (Å²) in [6.07, 6.45) is -3.14. The second-order valence-electron chi connectivity index (χ2n) is 5.17. The molecule has 0 N–H and O–H groups in total. The van der Waals surface area contributed by atoms with E-state index in [1.807, 2.05) is 12.1 Å². The monoisotopic (exact) mass is 365 g/mol. The molecule has 0 spiro atoms. The van der Waals surface area contributed by atoms with Crippen molar-refractivity contribution in [3.05, 3.63) is 82.2 Å². The highest BCUT2D eigenvalue weighted by Gasteiger charge is 2.30. The van der Waals surface area contributed by atoms with E-state index in [0.717, 1.165) is 23.3 Å². The van der Waals surface area contributed by atoms with E-state index in [1.165, 1.54) is 22.8 Å². The molecule has 0 aliphatic carbocycles. The molecule has 25 heavy (non-hydrogen) atoms. The summed E-state index contributed by atoms with van der Waals surface area (Å²) in [5.74, 6) is -0.349. The molecule has 2 aromatic carbocycles. The van der Waals surface area contributed by atoms with Crippen molar-refractivity contribution in [3.63, 3.8) is 0 Å². The molecule has 3 aromatic rings. The minimum atomic E-state index is -4.76. The molecule has 0 aliphatic rings. The Bertz CT molecular complexity index is 932. The molecule has 0 amide bonds. The van der Waals surface area contributed by atoms with Crippen molar-refractivity contribution in [1.29, 1.82) is 0 Å². The Hall–Kier alpha value is -2.73. The van der Waals surface area contributed by atoms with E-state index in [-0.39, 0.29) is 11.3 Å². The number of nitrogens with zero attached hydrogens (tertiary/aromatic N) is 1. The van der Waals surface area contributed by atoms with Crippen LogP contribution in [-0.2, 0) is 0 Å². The van der Waals surface area contributed by atoms with Crippen LogP contribution in [0, 0.1) is 0 Å². The van der Waals surface area contributed by atoms with E-state index in [9.17, 15) is 18.0 Å². The van der Waals surface area contributed by atoms with Crippen LogP contribution < -0.4 is 10.3 Å². The molecular formula is C18H11ClF3NO2. The first-order valence-electron chi connectivity index (χ1n) is 7.17. The lowest BCUT2D eigenvalue weighted by atomic mass is 10.1. The van der Waals surface area contributed by atoms with E-state index in [0.29, 0.717) is 10.7 Å². The van der Waals surface area contributed by atoms with Crippen LogP contribution in [-0.4, -0.2) is 10.9 Å². The van der Waals surface area contributed by atoms with Gasteiger partial charge >= 0.3 is 6.36 Å². The van der Waals surface area contributed by atoms with Crippen molar-refractivity contribution in [1.82, 2.24) is 4.57 Å². The highest BCUT2D eigenvalue weighted by molar-refractivity contribution is 6.30. The summed E-state index contributed by atoms with van der Waals surface area (Å²) < 4.78 is 41.8. The molecule has 0 aliphatic heterocycles. The third kappa shape index (κ3) is 4.22. The van der Waals surface area contributed by atoms with Gasteiger partial charge in [-0.15, -0.1) is 13.2 Å². The Kier molecular flexibility index (Phi) is 4.55. The van der Waals surface area contributed by atoms with Gasteiger partial charge in [-0.1, -0.05) is 23.7 Å². The maximum absolute atomic E-state index is 12.2. The zero-order chi connectivity index (χ0) is 18.0. The fraction of sp³-hybridized carbons (Fsp3) is 0.0556. The van der Waals surface area contributed by atoms with Crippen molar-refractivity contribution < 1.29 is 17.9 Å². The van der Waals surface area contributed by atoms with Crippen LogP contribution in [0.1, 0.15) is 0 Å². The standard InChI is InChI=1S/C18H11ClF3NO2/c19-14-4-1-12(2-5-14)13-3-10-17(24)23(11-13)15-6-8-16(9-7-15)25-18(20,21)22/h1-11H. The van der Waals surface area contributed by atoms with Crippen LogP contribution in [0.25, 0.3) is 16.8 Å². The Morgan fingerprint density at radius 3 is 2.04 bits per heavy atom. The first-order valence-corrected chi connectivity index (χ1v) is 7.54. The summed E-state index contributed by atoms with van der Waals surface area (Å²) in [4.78, 5) is 12.1. The average molecular weight is 366 g/mol. The van der Waals surface area contributed by atoms with E-state index >= 15 is 0 Å². The predicted molar refractivity (Wildman–Crippen MR) is 89.2 cm³/mol. The topological polar surface area (TPSA) is 31.2 Å². The smallest absolute Gasteiger partial charge is 0.406 e. The van der Waals surface area contributed by atoms with E-state index in [4.69, 9.17) is 11.6 Å². The second kappa shape index (κ2) is 6.64. The molecule has 1 aromatic heterocycles. The summed E-state index contributed by atoms with van der Waals surface area (Å²) in [6, 6.07) is 15.2. The number of aromatic nitrogens is 1. The van der Waals surface area contributed by atoms with Crippen LogP contribution in [0.2, 0.25) is 5.02 Å². The zero-order valence-electron chi connectivity index (χ0n) is 12.6. The first-order chi connectivity index (χ1) is 11.8. The number of hydrogen-bond acceptors (Lipinski definition) is 2. The number of alkyl halides is 3. The van der Waals surface area contributed by atoms with Gasteiger partial charge in [0.2, 0.25) is 0 Å². The Morgan fingerprint density at radius 2 is 1.44 bits per heavy atom. The maximum atomic E-state index is 12.2. The third-order valence-electron chi connectivity index (χ3n) is 3.44. The van der Waals surface area contributed by atoms with Gasteiger partial charge in [0, 0.05) is 23.0 Å². The molecule has 0 bridgehead atoms. The average Bonchev–Trinajstić information content (AvgIpc) is 2.56. The lowest BCUT2D eigenvalue weighted by molar-refractivity contribution is -0.274. The Morgan fingerprint density at radius 1 is 0.840 bits per heavy atom. The van der Waals surface area contributed by atoms with Gasteiger partial charge in [0.1, 0.15) is 5.75 Å². The number of rotatable bonds is 3. The quantitative estimate of drug-likeness (QED) is 0.650. The van der Waals surface area contributed by atoms with E-state index in [1.54, 1.807) is 24.4 Å². The molecule has 3 nitrogen and oxygen atoms in total. The molecule has 128 valence electrons. The summed E-state index contributed by atoms with van der Waals surface area (Å²) in [5.41, 5.74) is 1.75. The lowest BCUT2D eigenvalue weighted by Crippen LogP contribution is -2.18. The van der Waals surface area contributed by atoms with Crippen LogP contribution in [0.4, 0.5) is 13.2 Å². The summed E-state index contributed by atoms with van der Waals surface area (Å²) >= 11 is 5.86. The molecular weight excluding hydrogens is 355 g/mol. The van der Waals surface area contributed by atoms with Crippen LogP contribution in [0.5, 0.6) is 5.75 Å². The van der Waals surface area contributed by atoms with Crippen LogP contribution >= 0.6 is 11.6 Å². The first kappa shape index (κ1) is 17.1. The van der Waals surface area contributed by atoms with Crippen molar-refractivity contribution >= 4 is 11.6 Å². The number of hydrogen-bond donors (Lipinski definition) is 0. The molecule has 0 radical (unpaired) electrons. The number of pyridine rings is 1.